The number of carbonyl (C=O) groups excluding carboxylic acids is 1. The van der Waals surface area contributed by atoms with E-state index in [-0.39, 0.29) is 6.42 Å². The highest BCUT2D eigenvalue weighted by molar-refractivity contribution is 5.55. The van der Waals surface area contributed by atoms with Crippen molar-refractivity contribution in [1.29, 1.82) is 0 Å². The summed E-state index contributed by atoms with van der Waals surface area (Å²) in [6.45, 7) is 0. The molecule has 1 nitrogen and oxygen atoms in total. The second-order valence-electron chi connectivity index (χ2n) is 2.62. The molecule has 0 saturated carbocycles. The van der Waals surface area contributed by atoms with Gasteiger partial charge in [0.1, 0.15) is 11.8 Å². The molecular weight excluding hydrogens is 231 g/mol. The molecular formula is C10H3F5O. The molecule has 0 aromatic heterocycles. The zero-order valence-electron chi connectivity index (χ0n) is 7.58. The van der Waals surface area contributed by atoms with Gasteiger partial charge < -0.3 is 4.79 Å². The fourth-order valence-electron chi connectivity index (χ4n) is 0.896. The van der Waals surface area contributed by atoms with Crippen LogP contribution in [0.4, 0.5) is 22.0 Å². The molecule has 1 aromatic rings. The van der Waals surface area contributed by atoms with Crippen molar-refractivity contribution in [3.05, 3.63) is 34.6 Å². The van der Waals surface area contributed by atoms with Crippen molar-refractivity contribution in [1.82, 2.24) is 0 Å². The molecule has 0 aliphatic carbocycles. The Morgan fingerprint density at radius 3 is 1.75 bits per heavy atom. The average molecular weight is 234 g/mol. The smallest absolute Gasteiger partial charge is 0.200 e. The molecule has 0 atom stereocenters. The molecule has 6 heteroatoms. The minimum atomic E-state index is -2.24. The summed E-state index contributed by atoms with van der Waals surface area (Å²) < 4.78 is 63.6. The lowest BCUT2D eigenvalue weighted by atomic mass is 10.1. The minimum Gasteiger partial charge on any atom is -0.302 e. The Labute approximate surface area is 86.9 Å². The van der Waals surface area contributed by atoms with Gasteiger partial charge in [0.2, 0.25) is 5.82 Å². The van der Waals surface area contributed by atoms with Crippen LogP contribution in [0, 0.1) is 40.9 Å². The van der Waals surface area contributed by atoms with E-state index in [2.05, 4.69) is 0 Å². The van der Waals surface area contributed by atoms with Crippen LogP contribution in [-0.2, 0) is 4.79 Å². The molecule has 0 saturated heterocycles. The van der Waals surface area contributed by atoms with Gasteiger partial charge in [0.25, 0.3) is 0 Å². The van der Waals surface area contributed by atoms with E-state index in [0.717, 1.165) is 0 Å². The molecule has 0 N–H and O–H groups in total. The summed E-state index contributed by atoms with van der Waals surface area (Å²) in [4.78, 5) is 9.85. The molecule has 0 heterocycles. The third kappa shape index (κ3) is 2.03. The van der Waals surface area contributed by atoms with Crippen molar-refractivity contribution in [2.24, 2.45) is 0 Å². The molecule has 0 aliphatic rings. The number of carbonyl (C=O) groups is 1. The van der Waals surface area contributed by atoms with Gasteiger partial charge in [0, 0.05) is 0 Å². The van der Waals surface area contributed by atoms with Crippen LogP contribution < -0.4 is 0 Å². The first kappa shape index (κ1) is 12.2. The van der Waals surface area contributed by atoms with Gasteiger partial charge in [0.15, 0.2) is 23.3 Å². The first-order chi connectivity index (χ1) is 7.50. The van der Waals surface area contributed by atoms with E-state index in [0.29, 0.717) is 6.29 Å². The second kappa shape index (κ2) is 4.75. The van der Waals surface area contributed by atoms with Crippen LogP contribution in [0.3, 0.4) is 0 Å². The van der Waals surface area contributed by atoms with Gasteiger partial charge in [-0.1, -0.05) is 11.8 Å². The summed E-state index contributed by atoms with van der Waals surface area (Å²) in [6.07, 6.45) is -0.0292. The van der Waals surface area contributed by atoms with Crippen molar-refractivity contribution in [2.75, 3.05) is 0 Å². The number of aldehydes is 1. The monoisotopic (exact) mass is 234 g/mol. The van der Waals surface area contributed by atoms with Crippen LogP contribution in [-0.4, -0.2) is 6.29 Å². The molecule has 0 amide bonds. The summed E-state index contributed by atoms with van der Waals surface area (Å²) in [7, 11) is 0. The van der Waals surface area contributed by atoms with Gasteiger partial charge in [-0.25, -0.2) is 22.0 Å². The normalized spacial score (nSPS) is 9.56. The maximum Gasteiger partial charge on any atom is 0.200 e. The lowest BCUT2D eigenvalue weighted by Gasteiger charge is -2.01. The van der Waals surface area contributed by atoms with E-state index in [1.165, 1.54) is 0 Å². The average Bonchev–Trinajstić information content (AvgIpc) is 2.28. The molecule has 1 rings (SSSR count). The zero-order valence-corrected chi connectivity index (χ0v) is 7.58. The predicted octanol–water partition coefficient (Wildman–Crippen LogP) is 2.32. The van der Waals surface area contributed by atoms with Crippen molar-refractivity contribution < 1.29 is 26.7 Å². The van der Waals surface area contributed by atoms with Gasteiger partial charge in [-0.2, -0.15) is 0 Å². The number of rotatable bonds is 1. The van der Waals surface area contributed by atoms with Crippen LogP contribution in [0.15, 0.2) is 0 Å². The second-order valence-corrected chi connectivity index (χ2v) is 2.62. The fraction of sp³-hybridized carbons (Fsp3) is 0.100. The predicted molar refractivity (Wildman–Crippen MR) is 43.8 cm³/mol. The molecule has 1 aromatic carbocycles. The minimum absolute atomic E-state index is 0.332. The zero-order chi connectivity index (χ0) is 12.3. The summed E-state index contributed by atoms with van der Waals surface area (Å²) in [5.74, 6) is -6.70. The summed E-state index contributed by atoms with van der Waals surface area (Å²) in [5, 5.41) is 0. The molecule has 0 bridgehead atoms. The van der Waals surface area contributed by atoms with Crippen molar-refractivity contribution >= 4 is 6.29 Å². The number of hydrogen-bond acceptors (Lipinski definition) is 1. The quantitative estimate of drug-likeness (QED) is 0.239. The van der Waals surface area contributed by atoms with Crippen molar-refractivity contribution in [3.8, 4) is 11.8 Å². The fourth-order valence-corrected chi connectivity index (χ4v) is 0.896. The first-order valence-electron chi connectivity index (χ1n) is 3.94. The maximum atomic E-state index is 12.9. The third-order valence-electron chi connectivity index (χ3n) is 1.61. The van der Waals surface area contributed by atoms with E-state index in [1.807, 2.05) is 5.92 Å². The van der Waals surface area contributed by atoms with Gasteiger partial charge in [0.05, 0.1) is 6.42 Å². The van der Waals surface area contributed by atoms with Crippen LogP contribution in [0.1, 0.15) is 12.0 Å². The lowest BCUT2D eigenvalue weighted by Crippen LogP contribution is -2.04. The van der Waals surface area contributed by atoms with Crippen molar-refractivity contribution in [2.45, 2.75) is 6.42 Å². The van der Waals surface area contributed by atoms with Crippen LogP contribution in [0.2, 0.25) is 0 Å². The highest BCUT2D eigenvalue weighted by Crippen LogP contribution is 2.21. The standard InChI is InChI=1S/C10H3F5O/c11-6-5(3-1-2-4-16)7(12)9(14)10(15)8(6)13/h4H,2H2. The highest BCUT2D eigenvalue weighted by Gasteiger charge is 2.24. The molecule has 0 aliphatic heterocycles. The first-order valence-corrected chi connectivity index (χ1v) is 3.94. The van der Waals surface area contributed by atoms with Gasteiger partial charge in [-0.3, -0.25) is 0 Å². The summed E-state index contributed by atoms with van der Waals surface area (Å²) >= 11 is 0. The highest BCUT2D eigenvalue weighted by atomic mass is 19.2. The van der Waals surface area contributed by atoms with Crippen LogP contribution in [0.5, 0.6) is 0 Å². The van der Waals surface area contributed by atoms with Gasteiger partial charge in [-0.15, -0.1) is 0 Å². The van der Waals surface area contributed by atoms with Crippen LogP contribution >= 0.6 is 0 Å². The molecule has 0 radical (unpaired) electrons. The van der Waals surface area contributed by atoms with Gasteiger partial charge >= 0.3 is 0 Å². The third-order valence-corrected chi connectivity index (χ3v) is 1.61. The van der Waals surface area contributed by atoms with E-state index in [4.69, 9.17) is 0 Å². The maximum absolute atomic E-state index is 12.9. The van der Waals surface area contributed by atoms with E-state index in [1.54, 1.807) is 5.92 Å². The summed E-state index contributed by atoms with van der Waals surface area (Å²) in [5.41, 5.74) is -1.24. The Bertz CT molecular complexity index is 469. The Kier molecular flexibility index (Phi) is 3.61. The molecule has 0 spiro atoms. The lowest BCUT2D eigenvalue weighted by molar-refractivity contribution is -0.107. The Morgan fingerprint density at radius 2 is 1.31 bits per heavy atom. The Hall–Kier alpha value is -1.90. The van der Waals surface area contributed by atoms with E-state index >= 15 is 0 Å². The van der Waals surface area contributed by atoms with Crippen LogP contribution in [0.25, 0.3) is 0 Å². The topological polar surface area (TPSA) is 17.1 Å². The molecule has 0 unspecified atom stereocenters. The molecule has 84 valence electrons. The SMILES string of the molecule is O=CCC#Cc1c(F)c(F)c(F)c(F)c1F. The molecule has 16 heavy (non-hydrogen) atoms. The molecule has 0 fully saturated rings. The van der Waals surface area contributed by atoms with E-state index in [9.17, 15) is 26.7 Å². The van der Waals surface area contributed by atoms with E-state index < -0.39 is 34.6 Å². The Morgan fingerprint density at radius 1 is 0.875 bits per heavy atom. The number of benzene rings is 1. The van der Waals surface area contributed by atoms with Gasteiger partial charge in [-0.05, 0) is 0 Å². The van der Waals surface area contributed by atoms with Crippen molar-refractivity contribution in [3.63, 3.8) is 0 Å². The number of hydrogen-bond donors (Lipinski definition) is 0. The number of halogens is 5. The Balaban J connectivity index is 3.41. The summed E-state index contributed by atoms with van der Waals surface area (Å²) in [6, 6.07) is 0. The largest absolute Gasteiger partial charge is 0.302 e.